The summed E-state index contributed by atoms with van der Waals surface area (Å²) in [5.41, 5.74) is 2.35. The van der Waals surface area contributed by atoms with Gasteiger partial charge in [0.2, 0.25) is 0 Å². The maximum atomic E-state index is 5.70. The Morgan fingerprint density at radius 1 is 1.35 bits per heavy atom. The van der Waals surface area contributed by atoms with E-state index in [1.807, 2.05) is 6.20 Å². The molecule has 20 heavy (non-hydrogen) atoms. The Hall–Kier alpha value is -1.13. The zero-order valence-electron chi connectivity index (χ0n) is 12.3. The molecule has 0 bridgehead atoms. The van der Waals surface area contributed by atoms with E-state index in [0.29, 0.717) is 0 Å². The highest BCUT2D eigenvalue weighted by Crippen LogP contribution is 2.28. The van der Waals surface area contributed by atoms with Gasteiger partial charge in [-0.25, -0.2) is 0 Å². The van der Waals surface area contributed by atoms with E-state index in [-0.39, 0.29) is 0 Å². The van der Waals surface area contributed by atoms with Crippen LogP contribution in [0, 0.1) is 5.92 Å². The highest BCUT2D eigenvalue weighted by Gasteiger charge is 2.21. The van der Waals surface area contributed by atoms with Gasteiger partial charge in [-0.2, -0.15) is 0 Å². The first kappa shape index (κ1) is 13.8. The maximum Gasteiger partial charge on any atom is 0.0641 e. The van der Waals surface area contributed by atoms with Gasteiger partial charge in [-0.05, 0) is 43.7 Å². The van der Waals surface area contributed by atoms with Gasteiger partial charge in [-0.1, -0.05) is 0 Å². The van der Waals surface area contributed by atoms with Crippen molar-refractivity contribution >= 4 is 5.69 Å². The number of aromatic nitrogens is 1. The van der Waals surface area contributed by atoms with Crippen LogP contribution in [0.2, 0.25) is 0 Å². The predicted octanol–water partition coefficient (Wildman–Crippen LogP) is 2.20. The number of rotatable bonds is 9. The standard InChI is InChI=1S/C16H25N3O/c1-19(8-9-20-12-13-2-3-13)16-6-7-17-15(10-16)11-18-14-4-5-14/h6-7,10,13-14,18H,2-5,8-9,11-12H2,1H3. The molecule has 0 aromatic carbocycles. The van der Waals surface area contributed by atoms with Gasteiger partial charge in [-0.15, -0.1) is 0 Å². The van der Waals surface area contributed by atoms with Crippen LogP contribution in [-0.4, -0.2) is 37.8 Å². The zero-order chi connectivity index (χ0) is 13.8. The molecule has 1 aromatic heterocycles. The summed E-state index contributed by atoms with van der Waals surface area (Å²) in [5.74, 6) is 0.848. The van der Waals surface area contributed by atoms with Gasteiger partial charge in [0, 0.05) is 44.7 Å². The number of nitrogens with one attached hydrogen (secondary N) is 1. The Kier molecular flexibility index (Phi) is 4.53. The molecule has 2 saturated carbocycles. The highest BCUT2D eigenvalue weighted by molar-refractivity contribution is 5.45. The lowest BCUT2D eigenvalue weighted by Crippen LogP contribution is -2.23. The van der Waals surface area contributed by atoms with Crippen LogP contribution in [0.15, 0.2) is 18.3 Å². The molecule has 4 heteroatoms. The summed E-state index contributed by atoms with van der Waals surface area (Å²) in [6.45, 7) is 3.57. The zero-order valence-corrected chi connectivity index (χ0v) is 12.3. The van der Waals surface area contributed by atoms with E-state index in [0.717, 1.165) is 44.0 Å². The van der Waals surface area contributed by atoms with Gasteiger partial charge in [0.15, 0.2) is 0 Å². The molecule has 0 saturated heterocycles. The van der Waals surface area contributed by atoms with Crippen LogP contribution in [0.4, 0.5) is 5.69 Å². The van der Waals surface area contributed by atoms with E-state index in [2.05, 4.69) is 34.4 Å². The fraction of sp³-hybridized carbons (Fsp3) is 0.688. The van der Waals surface area contributed by atoms with Crippen LogP contribution in [0.25, 0.3) is 0 Å². The Balaban J connectivity index is 1.42. The molecule has 1 N–H and O–H groups in total. The van der Waals surface area contributed by atoms with Gasteiger partial charge < -0.3 is 15.0 Å². The average molecular weight is 275 g/mol. The Morgan fingerprint density at radius 2 is 2.20 bits per heavy atom. The number of likely N-dealkylation sites (N-methyl/N-ethyl adjacent to an activating group) is 1. The minimum Gasteiger partial charge on any atom is -0.379 e. The van der Waals surface area contributed by atoms with Gasteiger partial charge in [0.05, 0.1) is 12.3 Å². The smallest absolute Gasteiger partial charge is 0.0641 e. The van der Waals surface area contributed by atoms with Crippen LogP contribution in [0.5, 0.6) is 0 Å². The molecule has 1 aromatic rings. The van der Waals surface area contributed by atoms with Gasteiger partial charge in [0.25, 0.3) is 0 Å². The normalized spacial score (nSPS) is 18.2. The average Bonchev–Trinajstić information content (AvgIpc) is 3.36. The Morgan fingerprint density at radius 3 is 2.95 bits per heavy atom. The topological polar surface area (TPSA) is 37.4 Å². The van der Waals surface area contributed by atoms with Crippen molar-refractivity contribution in [1.82, 2.24) is 10.3 Å². The Labute approximate surface area is 121 Å². The molecule has 0 amide bonds. The van der Waals surface area contributed by atoms with Crippen LogP contribution in [0.3, 0.4) is 0 Å². The van der Waals surface area contributed by atoms with E-state index in [4.69, 9.17) is 4.74 Å². The minimum atomic E-state index is 0.731. The quantitative estimate of drug-likeness (QED) is 0.701. The molecule has 110 valence electrons. The highest BCUT2D eigenvalue weighted by atomic mass is 16.5. The number of ether oxygens (including phenoxy) is 1. The first-order chi connectivity index (χ1) is 9.81. The molecule has 0 radical (unpaired) electrons. The molecule has 0 unspecified atom stereocenters. The summed E-state index contributed by atoms with van der Waals surface area (Å²) < 4.78 is 5.70. The lowest BCUT2D eigenvalue weighted by molar-refractivity contribution is 0.131. The first-order valence-electron chi connectivity index (χ1n) is 7.78. The second-order valence-electron chi connectivity index (χ2n) is 6.10. The molecular formula is C16H25N3O. The van der Waals surface area contributed by atoms with Crippen molar-refractivity contribution in [3.63, 3.8) is 0 Å². The third kappa shape index (κ3) is 4.46. The van der Waals surface area contributed by atoms with E-state index < -0.39 is 0 Å². The molecule has 1 heterocycles. The van der Waals surface area contributed by atoms with Crippen molar-refractivity contribution in [3.8, 4) is 0 Å². The molecule has 3 rings (SSSR count). The molecule has 2 aliphatic carbocycles. The van der Waals surface area contributed by atoms with Gasteiger partial charge in [-0.3, -0.25) is 4.98 Å². The van der Waals surface area contributed by atoms with Crippen LogP contribution >= 0.6 is 0 Å². The third-order valence-electron chi connectivity index (χ3n) is 4.01. The fourth-order valence-corrected chi connectivity index (χ4v) is 2.20. The summed E-state index contributed by atoms with van der Waals surface area (Å²) in [4.78, 5) is 6.67. The minimum absolute atomic E-state index is 0.731. The fourth-order valence-electron chi connectivity index (χ4n) is 2.20. The summed E-state index contributed by atoms with van der Waals surface area (Å²) in [6, 6.07) is 4.98. The third-order valence-corrected chi connectivity index (χ3v) is 4.01. The second-order valence-corrected chi connectivity index (χ2v) is 6.10. The number of pyridine rings is 1. The van der Waals surface area contributed by atoms with Crippen LogP contribution in [-0.2, 0) is 11.3 Å². The molecule has 2 fully saturated rings. The lowest BCUT2D eigenvalue weighted by atomic mass is 10.3. The van der Waals surface area contributed by atoms with Crippen molar-refractivity contribution in [2.24, 2.45) is 5.92 Å². The van der Waals surface area contributed by atoms with Crippen molar-refractivity contribution < 1.29 is 4.74 Å². The largest absolute Gasteiger partial charge is 0.379 e. The lowest BCUT2D eigenvalue weighted by Gasteiger charge is -2.19. The summed E-state index contributed by atoms with van der Waals surface area (Å²) in [6.07, 6.45) is 7.26. The van der Waals surface area contributed by atoms with Crippen LogP contribution < -0.4 is 10.2 Å². The molecule has 0 aliphatic heterocycles. The number of anilines is 1. The predicted molar refractivity (Wildman–Crippen MR) is 80.9 cm³/mol. The number of hydrogen-bond donors (Lipinski definition) is 1. The Bertz CT molecular complexity index is 429. The maximum absolute atomic E-state index is 5.70. The molecular weight excluding hydrogens is 250 g/mol. The monoisotopic (exact) mass is 275 g/mol. The second kappa shape index (κ2) is 6.55. The van der Waals surface area contributed by atoms with Crippen LogP contribution in [0.1, 0.15) is 31.4 Å². The van der Waals surface area contributed by atoms with E-state index in [1.54, 1.807) is 0 Å². The van der Waals surface area contributed by atoms with E-state index in [1.165, 1.54) is 31.4 Å². The summed E-state index contributed by atoms with van der Waals surface area (Å²) in [7, 11) is 2.12. The van der Waals surface area contributed by atoms with Gasteiger partial charge >= 0.3 is 0 Å². The number of hydrogen-bond acceptors (Lipinski definition) is 4. The summed E-state index contributed by atoms with van der Waals surface area (Å²) in [5, 5.41) is 3.51. The van der Waals surface area contributed by atoms with Crippen molar-refractivity contribution in [2.45, 2.75) is 38.3 Å². The molecule has 2 aliphatic rings. The summed E-state index contributed by atoms with van der Waals surface area (Å²) >= 11 is 0. The van der Waals surface area contributed by atoms with Crippen molar-refractivity contribution in [2.75, 3.05) is 31.7 Å². The van der Waals surface area contributed by atoms with E-state index >= 15 is 0 Å². The van der Waals surface area contributed by atoms with E-state index in [9.17, 15) is 0 Å². The van der Waals surface area contributed by atoms with Crippen molar-refractivity contribution in [3.05, 3.63) is 24.0 Å². The molecule has 0 atom stereocenters. The first-order valence-corrected chi connectivity index (χ1v) is 7.78. The number of nitrogens with zero attached hydrogens (tertiary/aromatic N) is 2. The molecule has 4 nitrogen and oxygen atoms in total. The van der Waals surface area contributed by atoms with Crippen molar-refractivity contribution in [1.29, 1.82) is 0 Å². The SMILES string of the molecule is CN(CCOCC1CC1)c1ccnc(CNC2CC2)c1. The molecule has 0 spiro atoms. The van der Waals surface area contributed by atoms with Gasteiger partial charge in [0.1, 0.15) is 0 Å².